The summed E-state index contributed by atoms with van der Waals surface area (Å²) in [5.41, 5.74) is 6.14. The van der Waals surface area contributed by atoms with Crippen molar-refractivity contribution in [1.29, 1.82) is 0 Å². The molecule has 0 aliphatic heterocycles. The van der Waals surface area contributed by atoms with E-state index in [4.69, 9.17) is 0 Å². The second kappa shape index (κ2) is 7.28. The van der Waals surface area contributed by atoms with Crippen LogP contribution >= 0.6 is 0 Å². The Morgan fingerprint density at radius 3 is 2.20 bits per heavy atom. The maximum absolute atomic E-state index is 11.8. The minimum atomic E-state index is -0.713. The van der Waals surface area contributed by atoms with Crippen LogP contribution in [0.5, 0.6) is 0 Å². The summed E-state index contributed by atoms with van der Waals surface area (Å²) in [5.74, 6) is -1.20. The molecule has 0 aromatic heterocycles. The molecule has 3 N–H and O–H groups in total. The summed E-state index contributed by atoms with van der Waals surface area (Å²) in [6.07, 6.45) is 0.896. The fourth-order valence-electron chi connectivity index (χ4n) is 1.56. The Kier molecular flexibility index (Phi) is 5.71. The van der Waals surface area contributed by atoms with Crippen LogP contribution in [-0.2, 0) is 16.0 Å². The van der Waals surface area contributed by atoms with E-state index in [-0.39, 0.29) is 5.91 Å². The predicted molar refractivity (Wildman–Crippen MR) is 74.7 cm³/mol. The first-order valence-corrected chi connectivity index (χ1v) is 6.40. The average Bonchev–Trinajstić information content (AvgIpc) is 2.43. The van der Waals surface area contributed by atoms with Gasteiger partial charge in [0.25, 0.3) is 11.8 Å². The first-order chi connectivity index (χ1) is 9.43. The maximum Gasteiger partial charge on any atom is 0.269 e. The van der Waals surface area contributed by atoms with Gasteiger partial charge in [-0.15, -0.1) is 0 Å². The zero-order valence-electron chi connectivity index (χ0n) is 11.8. The third kappa shape index (κ3) is 4.72. The van der Waals surface area contributed by atoms with Gasteiger partial charge in [-0.3, -0.25) is 25.2 Å². The van der Waals surface area contributed by atoms with E-state index in [9.17, 15) is 14.4 Å². The summed E-state index contributed by atoms with van der Waals surface area (Å²) >= 11 is 0. The van der Waals surface area contributed by atoms with Crippen LogP contribution in [0.3, 0.4) is 0 Å². The second-order valence-electron chi connectivity index (χ2n) is 4.42. The summed E-state index contributed by atoms with van der Waals surface area (Å²) in [7, 11) is 0. The lowest BCUT2D eigenvalue weighted by atomic mass is 10.1. The fraction of sp³-hybridized carbons (Fsp3) is 0.357. The topological polar surface area (TPSA) is 87.3 Å². The van der Waals surface area contributed by atoms with E-state index in [0.29, 0.717) is 5.56 Å². The number of carbonyl (C=O) groups excluding carboxylic acids is 3. The largest absolute Gasteiger partial charge is 0.345 e. The monoisotopic (exact) mass is 277 g/mol. The number of hydrogen-bond donors (Lipinski definition) is 3. The van der Waals surface area contributed by atoms with Crippen molar-refractivity contribution in [2.24, 2.45) is 0 Å². The van der Waals surface area contributed by atoms with Gasteiger partial charge in [0.1, 0.15) is 6.04 Å². The maximum atomic E-state index is 11.8. The fourth-order valence-corrected chi connectivity index (χ4v) is 1.56. The Morgan fingerprint density at radius 2 is 1.70 bits per heavy atom. The van der Waals surface area contributed by atoms with Crippen molar-refractivity contribution in [2.75, 3.05) is 0 Å². The lowest BCUT2D eigenvalue weighted by Crippen LogP contribution is -2.50. The molecule has 0 aliphatic rings. The van der Waals surface area contributed by atoms with Gasteiger partial charge in [-0.1, -0.05) is 19.1 Å². The summed E-state index contributed by atoms with van der Waals surface area (Å²) < 4.78 is 0. The van der Waals surface area contributed by atoms with Gasteiger partial charge >= 0.3 is 0 Å². The Labute approximate surface area is 117 Å². The molecule has 1 aromatic carbocycles. The number of amides is 3. The van der Waals surface area contributed by atoms with Gasteiger partial charge in [-0.2, -0.15) is 0 Å². The molecule has 1 aromatic rings. The molecule has 0 aliphatic carbocycles. The van der Waals surface area contributed by atoms with E-state index in [1.54, 1.807) is 12.1 Å². The number of benzene rings is 1. The molecular weight excluding hydrogens is 258 g/mol. The Hall–Kier alpha value is -2.37. The minimum Gasteiger partial charge on any atom is -0.345 e. The highest BCUT2D eigenvalue weighted by atomic mass is 16.2. The first-order valence-electron chi connectivity index (χ1n) is 6.40. The molecule has 0 fully saturated rings. The molecule has 20 heavy (non-hydrogen) atoms. The van der Waals surface area contributed by atoms with Crippen LogP contribution in [0, 0.1) is 0 Å². The molecule has 1 rings (SSSR count). The highest BCUT2D eigenvalue weighted by molar-refractivity contribution is 5.96. The third-order valence-electron chi connectivity index (χ3n) is 2.74. The van der Waals surface area contributed by atoms with Crippen LogP contribution in [0.15, 0.2) is 24.3 Å². The predicted octanol–water partition coefficient (Wildman–Crippen LogP) is 0.535. The van der Waals surface area contributed by atoms with Gasteiger partial charge < -0.3 is 5.32 Å². The van der Waals surface area contributed by atoms with E-state index in [1.807, 2.05) is 19.1 Å². The number of nitrogens with one attached hydrogen (secondary N) is 3. The molecule has 1 atom stereocenters. The molecule has 0 saturated heterocycles. The zero-order chi connectivity index (χ0) is 15.1. The van der Waals surface area contributed by atoms with Gasteiger partial charge in [0.2, 0.25) is 5.91 Å². The average molecular weight is 277 g/mol. The zero-order valence-corrected chi connectivity index (χ0v) is 11.8. The third-order valence-corrected chi connectivity index (χ3v) is 2.74. The van der Waals surface area contributed by atoms with Crippen molar-refractivity contribution in [2.45, 2.75) is 33.2 Å². The van der Waals surface area contributed by atoms with E-state index < -0.39 is 17.9 Å². The molecule has 6 nitrogen and oxygen atoms in total. The standard InChI is InChI=1S/C14H19N3O3/c1-4-11-5-7-12(8-6-11)14(20)17-16-13(19)9(2)15-10(3)18/h5-9H,4H2,1-3H3,(H,15,18)(H,16,19)(H,17,20). The van der Waals surface area contributed by atoms with Crippen LogP contribution in [0.1, 0.15) is 36.7 Å². The molecule has 1 unspecified atom stereocenters. The molecule has 0 spiro atoms. The van der Waals surface area contributed by atoms with E-state index in [1.165, 1.54) is 13.8 Å². The van der Waals surface area contributed by atoms with Crippen LogP contribution < -0.4 is 16.2 Å². The number of hydrazine groups is 1. The van der Waals surface area contributed by atoms with Crippen molar-refractivity contribution >= 4 is 17.7 Å². The highest BCUT2D eigenvalue weighted by Crippen LogP contribution is 2.04. The van der Waals surface area contributed by atoms with Gasteiger partial charge in [-0.05, 0) is 31.0 Å². The normalized spacial score (nSPS) is 11.3. The molecule has 0 bridgehead atoms. The minimum absolute atomic E-state index is 0.311. The van der Waals surface area contributed by atoms with E-state index >= 15 is 0 Å². The molecule has 0 heterocycles. The number of hydrogen-bond acceptors (Lipinski definition) is 3. The van der Waals surface area contributed by atoms with E-state index in [0.717, 1.165) is 12.0 Å². The molecule has 0 saturated carbocycles. The van der Waals surface area contributed by atoms with Gasteiger partial charge in [0.05, 0.1) is 0 Å². The Balaban J connectivity index is 2.50. The summed E-state index contributed by atoms with van der Waals surface area (Å²) in [6, 6.07) is 6.39. The quantitative estimate of drug-likeness (QED) is 0.702. The Bertz CT molecular complexity index is 497. The lowest BCUT2D eigenvalue weighted by Gasteiger charge is -2.13. The molecule has 0 radical (unpaired) electrons. The highest BCUT2D eigenvalue weighted by Gasteiger charge is 2.14. The lowest BCUT2D eigenvalue weighted by molar-refractivity contribution is -0.128. The van der Waals surface area contributed by atoms with Crippen molar-refractivity contribution < 1.29 is 14.4 Å². The molecular formula is C14H19N3O3. The van der Waals surface area contributed by atoms with Crippen molar-refractivity contribution in [3.8, 4) is 0 Å². The molecule has 3 amide bonds. The summed E-state index contributed by atoms with van der Waals surface area (Å²) in [5, 5.41) is 2.42. The molecule has 6 heteroatoms. The second-order valence-corrected chi connectivity index (χ2v) is 4.42. The molecule has 108 valence electrons. The SMILES string of the molecule is CCc1ccc(C(=O)NNC(=O)C(C)NC(C)=O)cc1. The van der Waals surface area contributed by atoms with Crippen LogP contribution in [-0.4, -0.2) is 23.8 Å². The van der Waals surface area contributed by atoms with Crippen LogP contribution in [0.2, 0.25) is 0 Å². The Morgan fingerprint density at radius 1 is 1.10 bits per heavy atom. The number of carbonyl (C=O) groups is 3. The smallest absolute Gasteiger partial charge is 0.269 e. The van der Waals surface area contributed by atoms with Crippen LogP contribution in [0.25, 0.3) is 0 Å². The van der Waals surface area contributed by atoms with Gasteiger partial charge in [-0.25, -0.2) is 0 Å². The number of aryl methyl sites for hydroxylation is 1. The van der Waals surface area contributed by atoms with Crippen molar-refractivity contribution in [1.82, 2.24) is 16.2 Å². The van der Waals surface area contributed by atoms with Crippen molar-refractivity contribution in [3.63, 3.8) is 0 Å². The van der Waals surface area contributed by atoms with Gasteiger partial charge in [0.15, 0.2) is 0 Å². The van der Waals surface area contributed by atoms with Gasteiger partial charge in [0, 0.05) is 12.5 Å². The van der Waals surface area contributed by atoms with E-state index in [2.05, 4.69) is 16.2 Å². The first kappa shape index (κ1) is 15.7. The number of rotatable bonds is 4. The summed E-state index contributed by atoms with van der Waals surface area (Å²) in [6.45, 7) is 4.87. The van der Waals surface area contributed by atoms with Crippen molar-refractivity contribution in [3.05, 3.63) is 35.4 Å². The summed E-state index contributed by atoms with van der Waals surface area (Å²) in [4.78, 5) is 34.2. The van der Waals surface area contributed by atoms with Crippen LogP contribution in [0.4, 0.5) is 0 Å².